The number of piperidine rings is 1. The van der Waals surface area contributed by atoms with Crippen LogP contribution >= 0.6 is 0 Å². The quantitative estimate of drug-likeness (QED) is 0.770. The first kappa shape index (κ1) is 20.0. The van der Waals surface area contributed by atoms with Gasteiger partial charge in [-0.25, -0.2) is 4.79 Å². The average molecular weight is 354 g/mol. The van der Waals surface area contributed by atoms with Crippen molar-refractivity contribution in [2.24, 2.45) is 0 Å². The zero-order valence-electron chi connectivity index (χ0n) is 16.5. The van der Waals surface area contributed by atoms with Gasteiger partial charge in [-0.15, -0.1) is 0 Å². The first-order valence-electron chi connectivity index (χ1n) is 9.74. The van der Waals surface area contributed by atoms with Crippen LogP contribution < -0.4 is 10.6 Å². The van der Waals surface area contributed by atoms with Gasteiger partial charge in [-0.05, 0) is 52.9 Å². The Bertz CT molecular complexity index is 483. The summed E-state index contributed by atoms with van der Waals surface area (Å²) in [6.45, 7) is 11.3. The van der Waals surface area contributed by atoms with Gasteiger partial charge < -0.3 is 20.3 Å². The number of nitrogens with zero attached hydrogens (tertiary/aromatic N) is 1. The van der Waals surface area contributed by atoms with Gasteiger partial charge in [0.1, 0.15) is 5.60 Å². The summed E-state index contributed by atoms with van der Waals surface area (Å²) in [5.41, 5.74) is -0.862. The summed E-state index contributed by atoms with van der Waals surface area (Å²) in [4.78, 5) is 26.5. The van der Waals surface area contributed by atoms with Crippen molar-refractivity contribution in [3.8, 4) is 0 Å². The number of ether oxygens (including phenoxy) is 1. The Morgan fingerprint density at radius 1 is 1.24 bits per heavy atom. The summed E-state index contributed by atoms with van der Waals surface area (Å²) in [5.74, 6) is 0.265. The van der Waals surface area contributed by atoms with E-state index in [0.29, 0.717) is 19.0 Å². The molecule has 2 aliphatic rings. The summed E-state index contributed by atoms with van der Waals surface area (Å²) < 4.78 is 5.43. The normalized spacial score (nSPS) is 24.2. The average Bonchev–Trinajstić information content (AvgIpc) is 2.87. The van der Waals surface area contributed by atoms with Gasteiger partial charge in [0.15, 0.2) is 0 Å². The minimum Gasteiger partial charge on any atom is -0.444 e. The SMILES string of the molecule is CCC(CC)(CNC1CC(=O)N2CCCCC12)NC(=O)OC(C)(C)C. The second-order valence-corrected chi connectivity index (χ2v) is 8.46. The highest BCUT2D eigenvalue weighted by Crippen LogP contribution is 2.29. The van der Waals surface area contributed by atoms with Gasteiger partial charge >= 0.3 is 6.09 Å². The second-order valence-electron chi connectivity index (χ2n) is 8.46. The summed E-state index contributed by atoms with van der Waals surface area (Å²) in [7, 11) is 0. The Morgan fingerprint density at radius 2 is 1.92 bits per heavy atom. The minimum atomic E-state index is -0.509. The number of carbonyl (C=O) groups is 2. The molecule has 144 valence electrons. The van der Waals surface area contributed by atoms with Crippen molar-refractivity contribution in [1.29, 1.82) is 0 Å². The molecule has 0 bridgehead atoms. The van der Waals surface area contributed by atoms with E-state index in [4.69, 9.17) is 4.74 Å². The Morgan fingerprint density at radius 3 is 2.52 bits per heavy atom. The number of hydrogen-bond acceptors (Lipinski definition) is 4. The molecule has 2 aliphatic heterocycles. The maximum absolute atomic E-state index is 12.2. The lowest BCUT2D eigenvalue weighted by Crippen LogP contribution is -2.57. The van der Waals surface area contributed by atoms with Gasteiger partial charge in [0.25, 0.3) is 0 Å². The smallest absolute Gasteiger partial charge is 0.408 e. The van der Waals surface area contributed by atoms with Gasteiger partial charge in [0, 0.05) is 31.6 Å². The fraction of sp³-hybridized carbons (Fsp3) is 0.895. The van der Waals surface area contributed by atoms with Crippen LogP contribution in [-0.2, 0) is 9.53 Å². The summed E-state index contributed by atoms with van der Waals surface area (Å²) >= 11 is 0. The first-order chi connectivity index (χ1) is 11.7. The molecule has 2 heterocycles. The van der Waals surface area contributed by atoms with Crippen LogP contribution in [0.2, 0.25) is 0 Å². The molecular weight excluding hydrogens is 318 g/mol. The Labute approximate surface area is 152 Å². The predicted molar refractivity (Wildman–Crippen MR) is 98.4 cm³/mol. The van der Waals surface area contributed by atoms with E-state index in [-0.39, 0.29) is 23.6 Å². The van der Waals surface area contributed by atoms with Crippen LogP contribution in [-0.4, -0.2) is 53.2 Å². The molecule has 2 fully saturated rings. The number of hydrogen-bond donors (Lipinski definition) is 2. The highest BCUT2D eigenvalue weighted by atomic mass is 16.6. The van der Waals surface area contributed by atoms with Crippen LogP contribution in [0.1, 0.15) is 73.1 Å². The standard InChI is InChI=1S/C19H35N3O3/c1-6-19(7-2,21-17(24)25-18(3,4)5)13-20-14-12-16(23)22-11-9-8-10-15(14)22/h14-15,20H,6-13H2,1-5H3,(H,21,24). The molecule has 0 aromatic carbocycles. The molecule has 6 nitrogen and oxygen atoms in total. The van der Waals surface area contributed by atoms with E-state index >= 15 is 0 Å². The lowest BCUT2D eigenvalue weighted by molar-refractivity contribution is -0.129. The Balaban J connectivity index is 1.96. The van der Waals surface area contributed by atoms with Gasteiger partial charge in [0.2, 0.25) is 5.91 Å². The van der Waals surface area contributed by atoms with Crippen LogP contribution in [0.5, 0.6) is 0 Å². The van der Waals surface area contributed by atoms with E-state index in [1.165, 1.54) is 6.42 Å². The highest BCUT2D eigenvalue weighted by Gasteiger charge is 2.41. The minimum absolute atomic E-state index is 0.186. The van der Waals surface area contributed by atoms with Crippen molar-refractivity contribution in [2.45, 2.75) is 96.4 Å². The topological polar surface area (TPSA) is 70.7 Å². The molecule has 0 spiro atoms. The molecular formula is C19H35N3O3. The number of nitrogens with one attached hydrogen (secondary N) is 2. The maximum atomic E-state index is 12.2. The summed E-state index contributed by atoms with van der Waals surface area (Å²) in [6, 6.07) is 0.500. The summed E-state index contributed by atoms with van der Waals surface area (Å²) in [5, 5.41) is 6.66. The number of amides is 2. The van der Waals surface area contributed by atoms with E-state index < -0.39 is 5.60 Å². The van der Waals surface area contributed by atoms with Crippen LogP contribution in [0.15, 0.2) is 0 Å². The maximum Gasteiger partial charge on any atom is 0.408 e. The molecule has 2 saturated heterocycles. The molecule has 6 heteroatoms. The van der Waals surface area contributed by atoms with Crippen molar-refractivity contribution >= 4 is 12.0 Å². The lowest BCUT2D eigenvalue weighted by Gasteiger charge is -2.37. The molecule has 2 amide bonds. The predicted octanol–water partition coefficient (Wildman–Crippen LogP) is 2.81. The van der Waals surface area contributed by atoms with E-state index in [0.717, 1.165) is 32.2 Å². The fourth-order valence-corrected chi connectivity index (χ4v) is 3.90. The van der Waals surface area contributed by atoms with Crippen LogP contribution in [0.3, 0.4) is 0 Å². The Hall–Kier alpha value is -1.30. The Kier molecular flexibility index (Phi) is 6.35. The molecule has 0 aromatic rings. The monoisotopic (exact) mass is 353 g/mol. The highest BCUT2D eigenvalue weighted by molar-refractivity contribution is 5.80. The number of alkyl carbamates (subject to hydrolysis) is 1. The van der Waals surface area contributed by atoms with Crippen LogP contribution in [0, 0.1) is 0 Å². The van der Waals surface area contributed by atoms with Gasteiger partial charge in [-0.3, -0.25) is 4.79 Å². The van der Waals surface area contributed by atoms with Crippen molar-refractivity contribution in [2.75, 3.05) is 13.1 Å². The van der Waals surface area contributed by atoms with Gasteiger partial charge in [0.05, 0.1) is 5.54 Å². The van der Waals surface area contributed by atoms with Crippen molar-refractivity contribution < 1.29 is 14.3 Å². The molecule has 2 unspecified atom stereocenters. The van der Waals surface area contributed by atoms with E-state index in [9.17, 15) is 9.59 Å². The third-order valence-electron chi connectivity index (χ3n) is 5.55. The molecule has 25 heavy (non-hydrogen) atoms. The fourth-order valence-electron chi connectivity index (χ4n) is 3.90. The zero-order chi connectivity index (χ0) is 18.7. The van der Waals surface area contributed by atoms with Gasteiger partial charge in [-0.2, -0.15) is 0 Å². The van der Waals surface area contributed by atoms with Crippen molar-refractivity contribution in [3.63, 3.8) is 0 Å². The lowest BCUT2D eigenvalue weighted by atomic mass is 9.91. The molecule has 0 saturated carbocycles. The van der Waals surface area contributed by atoms with E-state index in [1.807, 2.05) is 25.7 Å². The third kappa shape index (κ3) is 5.09. The number of fused-ring (bicyclic) bond motifs is 1. The van der Waals surface area contributed by atoms with Crippen LogP contribution in [0.4, 0.5) is 4.79 Å². The number of carbonyl (C=O) groups excluding carboxylic acids is 2. The molecule has 0 radical (unpaired) electrons. The second kappa shape index (κ2) is 7.94. The van der Waals surface area contributed by atoms with Crippen molar-refractivity contribution in [3.05, 3.63) is 0 Å². The molecule has 0 aliphatic carbocycles. The summed E-state index contributed by atoms with van der Waals surface area (Å²) in [6.07, 6.45) is 5.20. The van der Waals surface area contributed by atoms with E-state index in [2.05, 4.69) is 24.5 Å². The third-order valence-corrected chi connectivity index (χ3v) is 5.55. The first-order valence-corrected chi connectivity index (χ1v) is 9.74. The molecule has 2 atom stereocenters. The largest absolute Gasteiger partial charge is 0.444 e. The molecule has 0 aromatic heterocycles. The molecule has 2 N–H and O–H groups in total. The van der Waals surface area contributed by atoms with Gasteiger partial charge in [-0.1, -0.05) is 13.8 Å². The molecule has 2 rings (SSSR count). The van der Waals surface area contributed by atoms with Crippen LogP contribution in [0.25, 0.3) is 0 Å². The van der Waals surface area contributed by atoms with E-state index in [1.54, 1.807) is 0 Å². The zero-order valence-corrected chi connectivity index (χ0v) is 16.5. The van der Waals surface area contributed by atoms with Crippen molar-refractivity contribution in [1.82, 2.24) is 15.5 Å². The number of rotatable bonds is 6.